The van der Waals surface area contributed by atoms with Crippen LogP contribution < -0.4 is 0 Å². The molecule has 1 fully saturated rings. The summed E-state index contributed by atoms with van der Waals surface area (Å²) in [5.41, 5.74) is 4.00. The Kier molecular flexibility index (Phi) is 7.20. The van der Waals surface area contributed by atoms with Crippen molar-refractivity contribution in [1.29, 1.82) is 0 Å². The molecule has 0 bridgehead atoms. The van der Waals surface area contributed by atoms with E-state index in [4.69, 9.17) is 0 Å². The lowest BCUT2D eigenvalue weighted by Gasteiger charge is -2.47. The Balaban J connectivity index is 1.27. The van der Waals surface area contributed by atoms with Crippen LogP contribution in [0.25, 0.3) is 10.9 Å². The Bertz CT molecular complexity index is 1060. The molecule has 0 saturated carbocycles. The molecule has 4 rings (SSSR count). The van der Waals surface area contributed by atoms with E-state index in [-0.39, 0.29) is 11.4 Å². The van der Waals surface area contributed by atoms with E-state index in [9.17, 15) is 4.79 Å². The number of aromatic nitrogens is 1. The Hall–Kier alpha value is -2.63. The summed E-state index contributed by atoms with van der Waals surface area (Å²) in [5.74, 6) is 0.229. The first-order chi connectivity index (χ1) is 15.9. The lowest BCUT2D eigenvalue weighted by molar-refractivity contribution is -0.130. The van der Waals surface area contributed by atoms with E-state index in [1.807, 2.05) is 11.9 Å². The fourth-order valence-corrected chi connectivity index (χ4v) is 5.36. The summed E-state index contributed by atoms with van der Waals surface area (Å²) in [5, 5.41) is 1.26. The molecule has 1 aliphatic rings. The van der Waals surface area contributed by atoms with E-state index in [0.29, 0.717) is 6.42 Å². The molecule has 0 spiro atoms. The fourth-order valence-electron chi connectivity index (χ4n) is 5.36. The predicted octanol–water partition coefficient (Wildman–Crippen LogP) is 4.12. The number of nitrogens with zero attached hydrogens (tertiary/aromatic N) is 4. The van der Waals surface area contributed by atoms with Gasteiger partial charge in [0.15, 0.2) is 0 Å². The van der Waals surface area contributed by atoms with Crippen molar-refractivity contribution in [2.45, 2.75) is 31.2 Å². The first kappa shape index (κ1) is 23.5. The van der Waals surface area contributed by atoms with Crippen molar-refractivity contribution in [3.8, 4) is 0 Å². The minimum Gasteiger partial charge on any atom is -0.350 e. The number of hydrogen-bond donors (Lipinski definition) is 0. The minimum atomic E-state index is 0.109. The predicted molar refractivity (Wildman–Crippen MR) is 136 cm³/mol. The summed E-state index contributed by atoms with van der Waals surface area (Å²) in [7, 11) is 8.42. The number of benzene rings is 2. The first-order valence-corrected chi connectivity index (χ1v) is 12.1. The summed E-state index contributed by atoms with van der Waals surface area (Å²) >= 11 is 0. The van der Waals surface area contributed by atoms with E-state index in [0.717, 1.165) is 45.4 Å². The quantitative estimate of drug-likeness (QED) is 0.522. The topological polar surface area (TPSA) is 31.7 Å². The van der Waals surface area contributed by atoms with E-state index in [1.165, 1.54) is 22.0 Å². The van der Waals surface area contributed by atoms with Gasteiger partial charge in [-0.1, -0.05) is 48.5 Å². The summed E-state index contributed by atoms with van der Waals surface area (Å²) in [6.07, 6.45) is 5.74. The Morgan fingerprint density at radius 2 is 1.64 bits per heavy atom. The minimum absolute atomic E-state index is 0.109. The average molecular weight is 447 g/mol. The van der Waals surface area contributed by atoms with Gasteiger partial charge in [-0.15, -0.1) is 0 Å². The lowest BCUT2D eigenvalue weighted by atomic mass is 9.80. The Labute approximate surface area is 198 Å². The van der Waals surface area contributed by atoms with Gasteiger partial charge in [-0.3, -0.25) is 9.69 Å². The zero-order valence-corrected chi connectivity index (χ0v) is 20.6. The van der Waals surface area contributed by atoms with Crippen LogP contribution in [0.4, 0.5) is 0 Å². The van der Waals surface area contributed by atoms with Gasteiger partial charge < -0.3 is 14.4 Å². The second-order valence-corrected chi connectivity index (χ2v) is 9.73. The van der Waals surface area contributed by atoms with Crippen LogP contribution in [0.2, 0.25) is 0 Å². The number of para-hydroxylation sites is 1. The second kappa shape index (κ2) is 10.1. The van der Waals surface area contributed by atoms with Crippen molar-refractivity contribution in [1.82, 2.24) is 19.3 Å². The highest BCUT2D eigenvalue weighted by Gasteiger charge is 2.37. The number of piperidine rings is 1. The molecule has 0 aliphatic carbocycles. The van der Waals surface area contributed by atoms with Gasteiger partial charge in [0, 0.05) is 69.3 Å². The first-order valence-electron chi connectivity index (χ1n) is 12.1. The van der Waals surface area contributed by atoms with Crippen molar-refractivity contribution < 1.29 is 4.79 Å². The molecule has 1 aliphatic heterocycles. The number of amides is 1. The van der Waals surface area contributed by atoms with Crippen LogP contribution in [0.15, 0.2) is 60.8 Å². The lowest BCUT2D eigenvalue weighted by Crippen LogP contribution is -2.51. The second-order valence-electron chi connectivity index (χ2n) is 9.73. The maximum absolute atomic E-state index is 12.8. The molecule has 33 heavy (non-hydrogen) atoms. The smallest absolute Gasteiger partial charge is 0.222 e. The third-order valence-electron chi connectivity index (χ3n) is 7.62. The van der Waals surface area contributed by atoms with E-state index < -0.39 is 0 Å². The number of carbonyl (C=O) groups excluding carboxylic acids is 1. The number of hydrogen-bond acceptors (Lipinski definition) is 3. The third-order valence-corrected chi connectivity index (χ3v) is 7.62. The fraction of sp³-hybridized carbons (Fsp3) is 0.464. The van der Waals surface area contributed by atoms with Crippen molar-refractivity contribution in [2.75, 3.05) is 47.3 Å². The molecule has 2 aromatic carbocycles. The molecule has 0 N–H and O–H groups in total. The van der Waals surface area contributed by atoms with Crippen LogP contribution in [0.1, 0.15) is 30.4 Å². The zero-order chi connectivity index (χ0) is 23.4. The number of carbonyl (C=O) groups is 1. The van der Waals surface area contributed by atoms with Gasteiger partial charge in [-0.25, -0.2) is 0 Å². The molecule has 0 radical (unpaired) electrons. The highest BCUT2D eigenvalue weighted by molar-refractivity contribution is 5.84. The van der Waals surface area contributed by atoms with E-state index in [1.54, 1.807) is 0 Å². The SMILES string of the molecule is CN(CCN1CCC(c2ccccc2)(N(C)C)CC1)C(=O)CCc1cn(C)c2ccccc12. The van der Waals surface area contributed by atoms with E-state index >= 15 is 0 Å². The zero-order valence-electron chi connectivity index (χ0n) is 20.6. The van der Waals surface area contributed by atoms with Crippen molar-refractivity contribution in [2.24, 2.45) is 7.05 Å². The van der Waals surface area contributed by atoms with Gasteiger partial charge in [0.25, 0.3) is 0 Å². The molecule has 176 valence electrons. The number of rotatable bonds is 8. The van der Waals surface area contributed by atoms with Crippen LogP contribution in [0.5, 0.6) is 0 Å². The molecule has 1 aromatic heterocycles. The van der Waals surface area contributed by atoms with Crippen molar-refractivity contribution >= 4 is 16.8 Å². The summed E-state index contributed by atoms with van der Waals surface area (Å²) in [6.45, 7) is 3.85. The highest BCUT2D eigenvalue weighted by Crippen LogP contribution is 2.37. The van der Waals surface area contributed by atoms with E-state index in [2.05, 4.69) is 96.3 Å². The molecule has 0 unspecified atom stereocenters. The standard InChI is InChI=1S/C28H38N4O/c1-29(2)28(24-10-6-5-7-11-24)16-18-32(19-17-28)21-20-30(3)27(33)15-14-23-22-31(4)26-13-9-8-12-25(23)26/h5-13,22H,14-21H2,1-4H3. The molecule has 5 heteroatoms. The Morgan fingerprint density at radius 1 is 0.970 bits per heavy atom. The molecule has 0 atom stereocenters. The summed E-state index contributed by atoms with van der Waals surface area (Å²) in [6, 6.07) is 19.3. The maximum Gasteiger partial charge on any atom is 0.222 e. The summed E-state index contributed by atoms with van der Waals surface area (Å²) < 4.78 is 2.15. The number of likely N-dealkylation sites (N-methyl/N-ethyl adjacent to an activating group) is 1. The highest BCUT2D eigenvalue weighted by atomic mass is 16.2. The van der Waals surface area contributed by atoms with Crippen LogP contribution in [0.3, 0.4) is 0 Å². The largest absolute Gasteiger partial charge is 0.350 e. The van der Waals surface area contributed by atoms with Crippen LogP contribution in [-0.2, 0) is 23.8 Å². The molecule has 1 amide bonds. The van der Waals surface area contributed by atoms with Crippen molar-refractivity contribution in [3.63, 3.8) is 0 Å². The van der Waals surface area contributed by atoms with Crippen molar-refractivity contribution in [3.05, 3.63) is 71.9 Å². The third kappa shape index (κ3) is 4.99. The molecule has 3 aromatic rings. The average Bonchev–Trinajstić information content (AvgIpc) is 3.17. The summed E-state index contributed by atoms with van der Waals surface area (Å²) in [4.78, 5) is 19.6. The van der Waals surface area contributed by atoms with Gasteiger partial charge in [0.05, 0.1) is 0 Å². The van der Waals surface area contributed by atoms with Crippen LogP contribution in [-0.4, -0.2) is 72.5 Å². The molecule has 2 heterocycles. The molecular weight excluding hydrogens is 408 g/mol. The maximum atomic E-state index is 12.8. The normalized spacial score (nSPS) is 16.4. The van der Waals surface area contributed by atoms with Gasteiger partial charge in [-0.05, 0) is 50.6 Å². The number of fused-ring (bicyclic) bond motifs is 1. The number of likely N-dealkylation sites (tertiary alicyclic amines) is 1. The molecular formula is C28H38N4O. The monoisotopic (exact) mass is 446 g/mol. The molecule has 5 nitrogen and oxygen atoms in total. The van der Waals surface area contributed by atoms with Gasteiger partial charge in [-0.2, -0.15) is 0 Å². The van der Waals surface area contributed by atoms with Gasteiger partial charge >= 0.3 is 0 Å². The van der Waals surface area contributed by atoms with Gasteiger partial charge in [0.1, 0.15) is 0 Å². The van der Waals surface area contributed by atoms with Gasteiger partial charge in [0.2, 0.25) is 5.91 Å². The molecule has 1 saturated heterocycles. The van der Waals surface area contributed by atoms with Crippen LogP contribution in [0, 0.1) is 0 Å². The Morgan fingerprint density at radius 3 is 2.33 bits per heavy atom. The number of aryl methyl sites for hydroxylation is 2. The van der Waals surface area contributed by atoms with Crippen LogP contribution >= 0.6 is 0 Å².